The molecule has 0 fully saturated rings. The third-order valence-electron chi connectivity index (χ3n) is 2.33. The average Bonchev–Trinajstić information content (AvgIpc) is 2.32. The van der Waals surface area contributed by atoms with Crippen LogP contribution in [0.4, 0.5) is 13.2 Å². The Morgan fingerprint density at radius 2 is 2.11 bits per heavy atom. The van der Waals surface area contributed by atoms with Crippen LogP contribution in [0, 0.1) is 5.82 Å². The molecule has 7 heteroatoms. The van der Waals surface area contributed by atoms with Crippen LogP contribution in [0.5, 0.6) is 5.75 Å². The van der Waals surface area contributed by atoms with Crippen molar-refractivity contribution in [3.63, 3.8) is 0 Å². The predicted molar refractivity (Wildman–Crippen MR) is 61.5 cm³/mol. The highest BCUT2D eigenvalue weighted by Gasteiger charge is 2.38. The minimum Gasteiger partial charge on any atom is -0.489 e. The first-order valence-electron chi connectivity index (χ1n) is 5.19. The fourth-order valence-electron chi connectivity index (χ4n) is 1.38. The summed E-state index contributed by atoms with van der Waals surface area (Å²) in [5.74, 6) is -4.63. The number of aliphatic hydroxyl groups is 1. The number of hydrogen-bond donors (Lipinski definition) is 2. The van der Waals surface area contributed by atoms with Crippen LogP contribution >= 0.6 is 11.6 Å². The van der Waals surface area contributed by atoms with Gasteiger partial charge in [0.1, 0.15) is 6.61 Å². The molecule has 0 heterocycles. The van der Waals surface area contributed by atoms with Crippen molar-refractivity contribution in [2.75, 3.05) is 13.2 Å². The van der Waals surface area contributed by atoms with E-state index in [1.807, 2.05) is 0 Å². The fourth-order valence-corrected chi connectivity index (χ4v) is 1.65. The molecule has 18 heavy (non-hydrogen) atoms. The lowest BCUT2D eigenvalue weighted by Crippen LogP contribution is -2.36. The third kappa shape index (κ3) is 3.07. The summed E-state index contributed by atoms with van der Waals surface area (Å²) in [5.41, 5.74) is 5.06. The standard InChI is InChI=1S/C11H13ClF3NO2/c1-2-18-9-7(12)3-6(4-8(9)13)10(16)11(14,15)5-17/h3-4,10,17H,2,5,16H2,1H3/t10-/m0/s1. The molecule has 0 bridgehead atoms. The van der Waals surface area contributed by atoms with E-state index in [1.165, 1.54) is 0 Å². The molecule has 0 unspecified atom stereocenters. The quantitative estimate of drug-likeness (QED) is 0.873. The van der Waals surface area contributed by atoms with Crippen LogP contribution in [0.3, 0.4) is 0 Å². The maximum absolute atomic E-state index is 13.6. The van der Waals surface area contributed by atoms with Crippen LogP contribution in [-0.4, -0.2) is 24.2 Å². The molecule has 0 spiro atoms. The third-order valence-corrected chi connectivity index (χ3v) is 2.61. The minimum absolute atomic E-state index is 0.143. The summed E-state index contributed by atoms with van der Waals surface area (Å²) < 4.78 is 44.9. The lowest BCUT2D eigenvalue weighted by molar-refractivity contribution is -0.0712. The Morgan fingerprint density at radius 1 is 1.50 bits per heavy atom. The summed E-state index contributed by atoms with van der Waals surface area (Å²) in [4.78, 5) is 0. The van der Waals surface area contributed by atoms with Crippen LogP contribution in [-0.2, 0) is 0 Å². The number of ether oxygens (including phenoxy) is 1. The van der Waals surface area contributed by atoms with Gasteiger partial charge in [0.05, 0.1) is 17.7 Å². The van der Waals surface area contributed by atoms with Crippen LogP contribution in [0.25, 0.3) is 0 Å². The summed E-state index contributed by atoms with van der Waals surface area (Å²) in [6.45, 7) is 0.394. The van der Waals surface area contributed by atoms with Crippen LogP contribution in [0.1, 0.15) is 18.5 Å². The number of halogens is 4. The van der Waals surface area contributed by atoms with Gasteiger partial charge in [0.2, 0.25) is 0 Å². The van der Waals surface area contributed by atoms with E-state index in [9.17, 15) is 13.2 Å². The topological polar surface area (TPSA) is 55.5 Å². The van der Waals surface area contributed by atoms with Crippen molar-refractivity contribution in [1.82, 2.24) is 0 Å². The van der Waals surface area contributed by atoms with Gasteiger partial charge in [-0.25, -0.2) is 13.2 Å². The van der Waals surface area contributed by atoms with E-state index >= 15 is 0 Å². The molecular weight excluding hydrogens is 271 g/mol. The number of hydrogen-bond acceptors (Lipinski definition) is 3. The van der Waals surface area contributed by atoms with E-state index in [-0.39, 0.29) is 22.9 Å². The van der Waals surface area contributed by atoms with Crippen molar-refractivity contribution in [3.8, 4) is 5.75 Å². The molecule has 0 aliphatic heterocycles. The summed E-state index contributed by atoms with van der Waals surface area (Å²) in [5, 5.41) is 8.38. The minimum atomic E-state index is -3.55. The summed E-state index contributed by atoms with van der Waals surface area (Å²) in [6.07, 6.45) is 0. The van der Waals surface area contributed by atoms with E-state index in [1.54, 1.807) is 6.92 Å². The lowest BCUT2D eigenvalue weighted by Gasteiger charge is -2.22. The Kier molecular flexibility index (Phi) is 4.84. The molecule has 3 nitrogen and oxygen atoms in total. The zero-order valence-corrected chi connectivity index (χ0v) is 10.3. The number of aliphatic hydroxyl groups excluding tert-OH is 1. The van der Waals surface area contributed by atoms with Crippen molar-refractivity contribution >= 4 is 11.6 Å². The molecule has 0 radical (unpaired) electrons. The summed E-state index contributed by atoms with van der Waals surface area (Å²) in [6, 6.07) is 0.0831. The van der Waals surface area contributed by atoms with Gasteiger partial charge in [-0.15, -0.1) is 0 Å². The van der Waals surface area contributed by atoms with Crippen molar-refractivity contribution in [2.24, 2.45) is 5.73 Å². The molecule has 1 atom stereocenters. The number of alkyl halides is 2. The second-order valence-electron chi connectivity index (χ2n) is 3.64. The van der Waals surface area contributed by atoms with Gasteiger partial charge in [-0.2, -0.15) is 0 Å². The molecule has 0 aliphatic carbocycles. The monoisotopic (exact) mass is 283 g/mol. The normalized spacial score (nSPS) is 13.5. The molecule has 102 valence electrons. The van der Waals surface area contributed by atoms with E-state index < -0.39 is 24.4 Å². The highest BCUT2D eigenvalue weighted by Crippen LogP contribution is 2.35. The van der Waals surface area contributed by atoms with Gasteiger partial charge in [0.25, 0.3) is 5.92 Å². The highest BCUT2D eigenvalue weighted by atomic mass is 35.5. The first kappa shape index (κ1) is 15.1. The summed E-state index contributed by atoms with van der Waals surface area (Å²) in [7, 11) is 0. The van der Waals surface area contributed by atoms with Gasteiger partial charge in [0, 0.05) is 0 Å². The molecule has 1 rings (SSSR count). The Labute approximate surface area is 107 Å². The molecular formula is C11H13ClF3NO2. The van der Waals surface area contributed by atoms with Gasteiger partial charge in [-0.3, -0.25) is 0 Å². The lowest BCUT2D eigenvalue weighted by atomic mass is 10.0. The Bertz CT molecular complexity index is 406. The van der Waals surface area contributed by atoms with E-state index in [0.29, 0.717) is 0 Å². The molecule has 0 aliphatic rings. The maximum atomic E-state index is 13.6. The van der Waals surface area contributed by atoms with Crippen LogP contribution in [0.2, 0.25) is 5.02 Å². The van der Waals surface area contributed by atoms with Gasteiger partial charge in [0.15, 0.2) is 11.6 Å². The van der Waals surface area contributed by atoms with Gasteiger partial charge < -0.3 is 15.6 Å². The molecule has 1 aromatic rings. The molecule has 3 N–H and O–H groups in total. The zero-order valence-electron chi connectivity index (χ0n) is 9.59. The second kappa shape index (κ2) is 5.77. The Morgan fingerprint density at radius 3 is 2.56 bits per heavy atom. The van der Waals surface area contributed by atoms with Crippen molar-refractivity contribution in [3.05, 3.63) is 28.5 Å². The van der Waals surface area contributed by atoms with E-state index in [0.717, 1.165) is 12.1 Å². The van der Waals surface area contributed by atoms with E-state index in [2.05, 4.69) is 0 Å². The molecule has 0 saturated carbocycles. The molecule has 1 aromatic carbocycles. The van der Waals surface area contributed by atoms with Gasteiger partial charge in [-0.05, 0) is 24.6 Å². The zero-order chi connectivity index (χ0) is 13.9. The number of benzene rings is 1. The average molecular weight is 284 g/mol. The molecule has 0 aromatic heterocycles. The SMILES string of the molecule is CCOc1c(F)cc([C@H](N)C(F)(F)CO)cc1Cl. The van der Waals surface area contributed by atoms with E-state index in [4.69, 9.17) is 27.2 Å². The maximum Gasteiger partial charge on any atom is 0.289 e. The van der Waals surface area contributed by atoms with Crippen LogP contribution < -0.4 is 10.5 Å². The predicted octanol–water partition coefficient (Wildman–Crippen LogP) is 2.51. The van der Waals surface area contributed by atoms with Crippen molar-refractivity contribution in [1.29, 1.82) is 0 Å². The van der Waals surface area contributed by atoms with Gasteiger partial charge >= 0.3 is 0 Å². The van der Waals surface area contributed by atoms with Gasteiger partial charge in [-0.1, -0.05) is 11.6 Å². The number of nitrogens with two attached hydrogens (primary N) is 1. The first-order valence-corrected chi connectivity index (χ1v) is 5.57. The fraction of sp³-hybridized carbons (Fsp3) is 0.455. The van der Waals surface area contributed by atoms with Crippen molar-refractivity contribution in [2.45, 2.75) is 18.9 Å². The molecule has 0 amide bonds. The molecule has 0 saturated heterocycles. The Balaban J connectivity index is 3.13. The summed E-state index contributed by atoms with van der Waals surface area (Å²) >= 11 is 5.72. The highest BCUT2D eigenvalue weighted by molar-refractivity contribution is 6.32. The second-order valence-corrected chi connectivity index (χ2v) is 4.05. The smallest absolute Gasteiger partial charge is 0.289 e. The Hall–Kier alpha value is -0.980. The van der Waals surface area contributed by atoms with Crippen molar-refractivity contribution < 1.29 is 23.0 Å². The van der Waals surface area contributed by atoms with Crippen LogP contribution in [0.15, 0.2) is 12.1 Å². The largest absolute Gasteiger partial charge is 0.489 e. The number of rotatable bonds is 5. The first-order chi connectivity index (χ1) is 8.33.